The van der Waals surface area contributed by atoms with Gasteiger partial charge in [0.25, 0.3) is 5.91 Å². The van der Waals surface area contributed by atoms with E-state index in [1.54, 1.807) is 12.1 Å². The maximum atomic E-state index is 12.3. The summed E-state index contributed by atoms with van der Waals surface area (Å²) in [5.74, 6) is -1.28. The summed E-state index contributed by atoms with van der Waals surface area (Å²) in [6.07, 6.45) is -4.62. The molecule has 0 unspecified atom stereocenters. The lowest BCUT2D eigenvalue weighted by Crippen LogP contribution is -2.32. The number of anilines is 1. The molecule has 23 heavy (non-hydrogen) atoms. The van der Waals surface area contributed by atoms with Gasteiger partial charge in [-0.2, -0.15) is 13.2 Å². The number of halogens is 4. The molecule has 2 rings (SSSR count). The van der Waals surface area contributed by atoms with Crippen LogP contribution in [0.5, 0.6) is 0 Å². The molecule has 0 spiro atoms. The van der Waals surface area contributed by atoms with E-state index in [-0.39, 0.29) is 22.0 Å². The van der Waals surface area contributed by atoms with Crippen LogP contribution in [-0.2, 0) is 11.0 Å². The van der Waals surface area contributed by atoms with E-state index < -0.39 is 29.5 Å². The summed E-state index contributed by atoms with van der Waals surface area (Å²) < 4.78 is 37.0. The van der Waals surface area contributed by atoms with Crippen LogP contribution in [0.25, 0.3) is 0 Å². The van der Waals surface area contributed by atoms with E-state index in [1.165, 1.54) is 12.1 Å². The molecule has 6 nitrogen and oxygen atoms in total. The summed E-state index contributed by atoms with van der Waals surface area (Å²) >= 11 is 5.92. The predicted octanol–water partition coefficient (Wildman–Crippen LogP) is 2.58. The third-order valence-corrected chi connectivity index (χ3v) is 3.53. The smallest absolute Gasteiger partial charge is 0.343 e. The molecule has 0 bridgehead atoms. The van der Waals surface area contributed by atoms with E-state index in [1.807, 2.05) is 0 Å². The Morgan fingerprint density at radius 3 is 2.61 bits per heavy atom. The molecule has 1 aromatic heterocycles. The van der Waals surface area contributed by atoms with Crippen LogP contribution in [-0.4, -0.2) is 28.6 Å². The number of nitrogens with zero attached hydrogens (tertiary/aromatic N) is 2. The van der Waals surface area contributed by atoms with Crippen molar-refractivity contribution in [3.63, 3.8) is 0 Å². The van der Waals surface area contributed by atoms with Crippen molar-refractivity contribution in [2.75, 3.05) is 11.9 Å². The average Bonchev–Trinajstić information content (AvgIpc) is 2.93. The molecule has 11 heteroatoms. The first-order chi connectivity index (χ1) is 10.8. The molecule has 0 radical (unpaired) electrons. The minimum atomic E-state index is -4.62. The van der Waals surface area contributed by atoms with Crippen LogP contribution in [0, 0.1) is 0 Å². The number of amides is 2. The number of nitrogens with one attached hydrogen (secondary N) is 2. The molecule has 0 saturated carbocycles. The SMILES string of the molecule is O=C(CNC(=O)c1cccc(Cl)c1)Nc1nnc(C(F)(F)F)s1. The number of rotatable bonds is 4. The Balaban J connectivity index is 1.88. The zero-order valence-corrected chi connectivity index (χ0v) is 12.7. The van der Waals surface area contributed by atoms with Crippen LogP contribution in [0.4, 0.5) is 18.3 Å². The normalized spacial score (nSPS) is 11.1. The summed E-state index contributed by atoms with van der Waals surface area (Å²) in [5.41, 5.74) is 0.251. The average molecular weight is 365 g/mol. The molecule has 2 amide bonds. The Labute approximate surface area is 136 Å². The maximum absolute atomic E-state index is 12.3. The van der Waals surface area contributed by atoms with Gasteiger partial charge in [0.15, 0.2) is 0 Å². The minimum Gasteiger partial charge on any atom is -0.343 e. The van der Waals surface area contributed by atoms with Gasteiger partial charge in [0, 0.05) is 10.6 Å². The molecule has 1 heterocycles. The molecule has 0 atom stereocenters. The first-order valence-corrected chi connectivity index (χ1v) is 7.19. The Morgan fingerprint density at radius 2 is 2.00 bits per heavy atom. The Bertz CT molecular complexity index is 735. The molecular weight excluding hydrogens is 357 g/mol. The highest BCUT2D eigenvalue weighted by Gasteiger charge is 2.35. The van der Waals surface area contributed by atoms with Crippen LogP contribution in [0.3, 0.4) is 0 Å². The van der Waals surface area contributed by atoms with Gasteiger partial charge in [-0.1, -0.05) is 29.0 Å². The molecule has 1 aromatic carbocycles. The van der Waals surface area contributed by atoms with E-state index in [2.05, 4.69) is 20.8 Å². The van der Waals surface area contributed by atoms with Crippen molar-refractivity contribution in [3.05, 3.63) is 39.9 Å². The van der Waals surface area contributed by atoms with Crippen molar-refractivity contribution < 1.29 is 22.8 Å². The molecule has 0 aliphatic heterocycles. The highest BCUT2D eigenvalue weighted by Crippen LogP contribution is 2.32. The van der Waals surface area contributed by atoms with Crippen LogP contribution in [0.15, 0.2) is 24.3 Å². The molecule has 0 saturated heterocycles. The van der Waals surface area contributed by atoms with Gasteiger partial charge in [-0.05, 0) is 18.2 Å². The number of hydrogen-bond acceptors (Lipinski definition) is 5. The van der Waals surface area contributed by atoms with Gasteiger partial charge in [0.05, 0.1) is 6.54 Å². The highest BCUT2D eigenvalue weighted by molar-refractivity contribution is 7.15. The predicted molar refractivity (Wildman–Crippen MR) is 77.3 cm³/mol. The fourth-order valence-corrected chi connectivity index (χ4v) is 2.26. The largest absolute Gasteiger partial charge is 0.445 e. The van der Waals surface area contributed by atoms with Crippen molar-refractivity contribution in [3.8, 4) is 0 Å². The fourth-order valence-electron chi connectivity index (χ4n) is 1.44. The van der Waals surface area contributed by atoms with Crippen molar-refractivity contribution in [1.82, 2.24) is 15.5 Å². The second-order valence-electron chi connectivity index (χ2n) is 4.15. The maximum Gasteiger partial charge on any atom is 0.445 e. The molecule has 0 fully saturated rings. The minimum absolute atomic E-state index is 0.191. The van der Waals surface area contributed by atoms with E-state index >= 15 is 0 Å². The van der Waals surface area contributed by atoms with E-state index in [0.29, 0.717) is 5.02 Å². The summed E-state index contributed by atoms with van der Waals surface area (Å²) in [7, 11) is 0. The van der Waals surface area contributed by atoms with Gasteiger partial charge in [-0.25, -0.2) is 0 Å². The number of carbonyl (C=O) groups excluding carboxylic acids is 2. The topological polar surface area (TPSA) is 84.0 Å². The zero-order chi connectivity index (χ0) is 17.0. The summed E-state index contributed by atoms with van der Waals surface area (Å²) in [6.45, 7) is -0.438. The van der Waals surface area contributed by atoms with Gasteiger partial charge in [0.1, 0.15) is 0 Å². The molecule has 122 valence electrons. The number of alkyl halides is 3. The van der Waals surface area contributed by atoms with E-state index in [9.17, 15) is 22.8 Å². The van der Waals surface area contributed by atoms with E-state index in [4.69, 9.17) is 11.6 Å². The van der Waals surface area contributed by atoms with Crippen molar-refractivity contribution in [1.29, 1.82) is 0 Å². The van der Waals surface area contributed by atoms with Crippen LogP contribution in [0.1, 0.15) is 15.4 Å². The third-order valence-electron chi connectivity index (χ3n) is 2.41. The first-order valence-electron chi connectivity index (χ1n) is 6.00. The fraction of sp³-hybridized carbons (Fsp3) is 0.167. The van der Waals surface area contributed by atoms with E-state index in [0.717, 1.165) is 0 Å². The lowest BCUT2D eigenvalue weighted by atomic mass is 10.2. The van der Waals surface area contributed by atoms with Crippen molar-refractivity contribution >= 4 is 39.9 Å². The Hall–Kier alpha value is -2.20. The summed E-state index contributed by atoms with van der Waals surface area (Å²) in [6, 6.07) is 6.06. The summed E-state index contributed by atoms with van der Waals surface area (Å²) in [5, 5.41) is 9.43. The van der Waals surface area contributed by atoms with Crippen LogP contribution < -0.4 is 10.6 Å². The lowest BCUT2D eigenvalue weighted by Gasteiger charge is -2.05. The standard InChI is InChI=1S/C12H8ClF3N4O2S/c13-7-3-1-2-6(4-7)9(22)17-5-8(21)18-11-20-19-10(23-11)12(14,15)16/h1-4H,5H2,(H,17,22)(H,18,20,21). The lowest BCUT2D eigenvalue weighted by molar-refractivity contribution is -0.138. The van der Waals surface area contributed by atoms with Crippen molar-refractivity contribution in [2.24, 2.45) is 0 Å². The molecule has 2 N–H and O–H groups in total. The van der Waals surface area contributed by atoms with Gasteiger partial charge < -0.3 is 5.32 Å². The first kappa shape index (κ1) is 17.2. The van der Waals surface area contributed by atoms with Gasteiger partial charge in [0.2, 0.25) is 16.0 Å². The molecule has 2 aromatic rings. The van der Waals surface area contributed by atoms with Gasteiger partial charge in [-0.15, -0.1) is 10.2 Å². The quantitative estimate of drug-likeness (QED) is 0.873. The molecule has 0 aliphatic rings. The second kappa shape index (κ2) is 6.92. The number of carbonyl (C=O) groups is 2. The van der Waals surface area contributed by atoms with Crippen LogP contribution >= 0.6 is 22.9 Å². The Morgan fingerprint density at radius 1 is 1.26 bits per heavy atom. The molecular formula is C12H8ClF3N4O2S. The number of benzene rings is 1. The van der Waals surface area contributed by atoms with Gasteiger partial charge in [-0.3, -0.25) is 14.9 Å². The summed E-state index contributed by atoms with van der Waals surface area (Å²) in [4.78, 5) is 23.3. The molecule has 0 aliphatic carbocycles. The highest BCUT2D eigenvalue weighted by atomic mass is 35.5. The number of aromatic nitrogens is 2. The zero-order valence-electron chi connectivity index (χ0n) is 11.1. The third kappa shape index (κ3) is 4.89. The van der Waals surface area contributed by atoms with Crippen LogP contribution in [0.2, 0.25) is 5.02 Å². The second-order valence-corrected chi connectivity index (χ2v) is 5.57. The van der Waals surface area contributed by atoms with Crippen molar-refractivity contribution in [2.45, 2.75) is 6.18 Å². The Kier molecular flexibility index (Phi) is 5.16. The van der Waals surface area contributed by atoms with Gasteiger partial charge >= 0.3 is 6.18 Å². The number of hydrogen-bond donors (Lipinski definition) is 2. The monoisotopic (exact) mass is 364 g/mol.